The number of rotatable bonds is 9. The largest absolute Gasteiger partial charge is 0.493 e. The SMILES string of the molecule is CN=C(NCc1ccc(C)cc1OCCCOC)NCc1cn(C)nc1C(F)(F)F. The number of guanidine groups is 1. The van der Waals surface area contributed by atoms with Gasteiger partial charge in [0, 0.05) is 64.6 Å². The van der Waals surface area contributed by atoms with Crippen molar-refractivity contribution in [3.63, 3.8) is 0 Å². The van der Waals surface area contributed by atoms with Gasteiger partial charge in [-0.05, 0) is 18.6 Å². The summed E-state index contributed by atoms with van der Waals surface area (Å²) < 4.78 is 51.3. The molecule has 0 radical (unpaired) electrons. The van der Waals surface area contributed by atoms with Crippen molar-refractivity contribution in [3.8, 4) is 5.75 Å². The van der Waals surface area contributed by atoms with Crippen molar-refractivity contribution in [2.24, 2.45) is 12.0 Å². The smallest absolute Gasteiger partial charge is 0.435 e. The van der Waals surface area contributed by atoms with Gasteiger partial charge in [0.2, 0.25) is 0 Å². The third kappa shape index (κ3) is 6.94. The number of ether oxygens (including phenoxy) is 2. The molecule has 1 aromatic carbocycles. The Labute approximate surface area is 174 Å². The monoisotopic (exact) mass is 427 g/mol. The van der Waals surface area contributed by atoms with E-state index in [0.717, 1.165) is 28.0 Å². The van der Waals surface area contributed by atoms with E-state index in [0.29, 0.717) is 25.7 Å². The van der Waals surface area contributed by atoms with Crippen LogP contribution < -0.4 is 15.4 Å². The van der Waals surface area contributed by atoms with Crippen molar-refractivity contribution in [2.75, 3.05) is 27.4 Å². The lowest BCUT2D eigenvalue weighted by molar-refractivity contribution is -0.142. The topological polar surface area (TPSA) is 72.7 Å². The highest BCUT2D eigenvalue weighted by molar-refractivity contribution is 5.79. The van der Waals surface area contributed by atoms with Crippen LogP contribution in [0.15, 0.2) is 29.4 Å². The lowest BCUT2D eigenvalue weighted by atomic mass is 10.1. The van der Waals surface area contributed by atoms with E-state index in [1.165, 1.54) is 13.2 Å². The Kier molecular flexibility index (Phi) is 8.52. The Morgan fingerprint density at radius 1 is 1.17 bits per heavy atom. The molecule has 166 valence electrons. The van der Waals surface area contributed by atoms with Crippen LogP contribution in [0.25, 0.3) is 0 Å². The van der Waals surface area contributed by atoms with E-state index < -0.39 is 11.9 Å². The van der Waals surface area contributed by atoms with Crippen LogP contribution >= 0.6 is 0 Å². The predicted octanol–water partition coefficient (Wildman–Crippen LogP) is 3.03. The summed E-state index contributed by atoms with van der Waals surface area (Å²) in [6.45, 7) is 3.46. The Balaban J connectivity index is 1.98. The van der Waals surface area contributed by atoms with E-state index in [4.69, 9.17) is 9.47 Å². The summed E-state index contributed by atoms with van der Waals surface area (Å²) in [4.78, 5) is 4.08. The normalized spacial score (nSPS) is 12.2. The zero-order valence-electron chi connectivity index (χ0n) is 17.6. The molecular weight excluding hydrogens is 399 g/mol. The van der Waals surface area contributed by atoms with Crippen molar-refractivity contribution < 1.29 is 22.6 Å². The Morgan fingerprint density at radius 3 is 2.50 bits per heavy atom. The molecule has 0 bridgehead atoms. The number of hydrogen-bond donors (Lipinski definition) is 2. The van der Waals surface area contributed by atoms with E-state index in [9.17, 15) is 13.2 Å². The molecule has 0 saturated heterocycles. The fourth-order valence-electron chi connectivity index (χ4n) is 2.81. The van der Waals surface area contributed by atoms with Gasteiger partial charge < -0.3 is 20.1 Å². The van der Waals surface area contributed by atoms with Gasteiger partial charge >= 0.3 is 6.18 Å². The minimum absolute atomic E-state index is 0.0467. The second kappa shape index (κ2) is 10.9. The highest BCUT2D eigenvalue weighted by Crippen LogP contribution is 2.30. The zero-order chi connectivity index (χ0) is 22.1. The molecule has 0 aliphatic carbocycles. The molecule has 0 saturated carbocycles. The fraction of sp³-hybridized carbons (Fsp3) is 0.500. The Hall–Kier alpha value is -2.75. The minimum atomic E-state index is -4.51. The Bertz CT molecular complexity index is 849. The van der Waals surface area contributed by atoms with Crippen LogP contribution in [0.1, 0.15) is 28.8 Å². The summed E-state index contributed by atoms with van der Waals surface area (Å²) in [5.74, 6) is 1.12. The molecule has 0 spiro atoms. The molecule has 0 aliphatic heterocycles. The highest BCUT2D eigenvalue weighted by atomic mass is 19.4. The van der Waals surface area contributed by atoms with Gasteiger partial charge in [0.15, 0.2) is 11.7 Å². The second-order valence-electron chi connectivity index (χ2n) is 6.76. The van der Waals surface area contributed by atoms with Gasteiger partial charge in [0.05, 0.1) is 6.61 Å². The number of methoxy groups -OCH3 is 1. The van der Waals surface area contributed by atoms with Gasteiger partial charge in [-0.15, -0.1) is 0 Å². The molecule has 0 fully saturated rings. The molecule has 7 nitrogen and oxygen atoms in total. The number of alkyl halides is 3. The van der Waals surface area contributed by atoms with Gasteiger partial charge in [0.25, 0.3) is 0 Å². The summed E-state index contributed by atoms with van der Waals surface area (Å²) in [5, 5.41) is 9.52. The number of nitrogens with zero attached hydrogens (tertiary/aromatic N) is 3. The molecule has 30 heavy (non-hydrogen) atoms. The van der Waals surface area contributed by atoms with Crippen LogP contribution in [0.4, 0.5) is 13.2 Å². The van der Waals surface area contributed by atoms with Gasteiger partial charge in [-0.1, -0.05) is 12.1 Å². The fourth-order valence-corrected chi connectivity index (χ4v) is 2.81. The predicted molar refractivity (Wildman–Crippen MR) is 108 cm³/mol. The number of aromatic nitrogens is 2. The first-order valence-corrected chi connectivity index (χ1v) is 9.50. The summed E-state index contributed by atoms with van der Waals surface area (Å²) in [6.07, 6.45) is -2.39. The first-order valence-electron chi connectivity index (χ1n) is 9.50. The number of halogens is 3. The van der Waals surface area contributed by atoms with Gasteiger partial charge in [-0.3, -0.25) is 9.67 Å². The number of benzene rings is 1. The highest BCUT2D eigenvalue weighted by Gasteiger charge is 2.36. The molecule has 0 atom stereocenters. The maximum atomic E-state index is 13.1. The van der Waals surface area contributed by atoms with E-state index in [2.05, 4.69) is 20.7 Å². The first kappa shape index (κ1) is 23.5. The molecule has 2 N–H and O–H groups in total. The quantitative estimate of drug-likeness (QED) is 0.366. The summed E-state index contributed by atoms with van der Waals surface area (Å²) in [7, 11) is 4.65. The molecular formula is C20H28F3N5O2. The third-order valence-corrected chi connectivity index (χ3v) is 4.26. The number of hydrogen-bond acceptors (Lipinski definition) is 4. The molecule has 10 heteroatoms. The molecule has 2 rings (SSSR count). The van der Waals surface area contributed by atoms with Gasteiger partial charge in [0.1, 0.15) is 5.75 Å². The van der Waals surface area contributed by atoms with Crippen LogP contribution in [-0.4, -0.2) is 43.1 Å². The Morgan fingerprint density at radius 2 is 1.87 bits per heavy atom. The van der Waals surface area contributed by atoms with Gasteiger partial charge in [-0.2, -0.15) is 18.3 Å². The van der Waals surface area contributed by atoms with Crippen LogP contribution in [0.5, 0.6) is 5.75 Å². The lowest BCUT2D eigenvalue weighted by Crippen LogP contribution is -2.36. The summed E-state index contributed by atoms with van der Waals surface area (Å²) in [5.41, 5.74) is 1.13. The van der Waals surface area contributed by atoms with Crippen molar-refractivity contribution in [3.05, 3.63) is 46.8 Å². The molecule has 0 amide bonds. The van der Waals surface area contributed by atoms with Crippen molar-refractivity contribution in [1.82, 2.24) is 20.4 Å². The maximum absolute atomic E-state index is 13.1. The summed E-state index contributed by atoms with van der Waals surface area (Å²) >= 11 is 0. The molecule has 0 unspecified atom stereocenters. The van der Waals surface area contributed by atoms with Crippen molar-refractivity contribution >= 4 is 5.96 Å². The average Bonchev–Trinajstić information content (AvgIpc) is 3.07. The van der Waals surface area contributed by atoms with Crippen LogP contribution in [0, 0.1) is 6.92 Å². The number of nitrogens with one attached hydrogen (secondary N) is 2. The third-order valence-electron chi connectivity index (χ3n) is 4.26. The van der Waals surface area contributed by atoms with Crippen LogP contribution in [-0.2, 0) is 31.1 Å². The lowest BCUT2D eigenvalue weighted by Gasteiger charge is -2.16. The molecule has 2 aromatic rings. The number of aliphatic imine (C=N–C) groups is 1. The molecule has 1 heterocycles. The first-order chi connectivity index (χ1) is 14.2. The van der Waals surface area contributed by atoms with Crippen molar-refractivity contribution in [2.45, 2.75) is 32.6 Å². The standard InChI is InChI=1S/C20H28F3N5O2/c1-14-6-7-15(17(10-14)30-9-5-8-29-4)11-25-19(24-2)26-12-16-13-28(3)27-18(16)20(21,22)23/h6-7,10,13H,5,8-9,11-12H2,1-4H3,(H2,24,25,26). The van der Waals surface area contributed by atoms with E-state index in [-0.39, 0.29) is 12.1 Å². The molecule has 0 aliphatic rings. The van der Waals surface area contributed by atoms with Crippen LogP contribution in [0.2, 0.25) is 0 Å². The zero-order valence-corrected chi connectivity index (χ0v) is 17.6. The van der Waals surface area contributed by atoms with E-state index in [1.54, 1.807) is 14.2 Å². The van der Waals surface area contributed by atoms with Crippen molar-refractivity contribution in [1.29, 1.82) is 0 Å². The molecule has 1 aromatic heterocycles. The number of aryl methyl sites for hydroxylation is 2. The minimum Gasteiger partial charge on any atom is -0.493 e. The second-order valence-corrected chi connectivity index (χ2v) is 6.76. The van der Waals surface area contributed by atoms with E-state index >= 15 is 0 Å². The average molecular weight is 427 g/mol. The van der Waals surface area contributed by atoms with Gasteiger partial charge in [-0.25, -0.2) is 0 Å². The maximum Gasteiger partial charge on any atom is 0.435 e. The summed E-state index contributed by atoms with van der Waals surface area (Å²) in [6, 6.07) is 5.87. The van der Waals surface area contributed by atoms with Crippen LogP contribution in [0.3, 0.4) is 0 Å². The van der Waals surface area contributed by atoms with E-state index in [1.807, 2.05) is 25.1 Å².